The van der Waals surface area contributed by atoms with E-state index < -0.39 is 11.2 Å². The van der Waals surface area contributed by atoms with E-state index in [2.05, 4.69) is 15.0 Å². The van der Waals surface area contributed by atoms with Gasteiger partial charge in [-0.05, 0) is 18.6 Å². The number of aryl methyl sites for hydroxylation is 1. The zero-order chi connectivity index (χ0) is 11.3. The van der Waals surface area contributed by atoms with Crippen LogP contribution in [0, 0.1) is 6.92 Å². The van der Waals surface area contributed by atoms with Crippen molar-refractivity contribution >= 4 is 22.2 Å². The van der Waals surface area contributed by atoms with Gasteiger partial charge >= 0.3 is 5.69 Å². The standard InChI is InChI=1S/C10H7N3O3/c1-4-2-5-6-7(16-9(5)11-3-4)8(14)13-10(15)12-6/h2-3H,1H3,(H2,12,13,14,15). The molecule has 6 heteroatoms. The van der Waals surface area contributed by atoms with E-state index in [4.69, 9.17) is 4.42 Å². The molecule has 0 saturated heterocycles. The summed E-state index contributed by atoms with van der Waals surface area (Å²) in [4.78, 5) is 31.3. The normalized spacial score (nSPS) is 11.3. The van der Waals surface area contributed by atoms with Gasteiger partial charge in [-0.1, -0.05) is 0 Å². The first kappa shape index (κ1) is 8.90. The topological polar surface area (TPSA) is 91.8 Å². The monoisotopic (exact) mass is 217 g/mol. The van der Waals surface area contributed by atoms with Crippen molar-refractivity contribution in [1.82, 2.24) is 15.0 Å². The predicted molar refractivity (Wildman–Crippen MR) is 57.5 cm³/mol. The highest BCUT2D eigenvalue weighted by molar-refractivity contribution is 6.00. The summed E-state index contributed by atoms with van der Waals surface area (Å²) in [6.45, 7) is 1.87. The van der Waals surface area contributed by atoms with E-state index in [0.717, 1.165) is 5.56 Å². The van der Waals surface area contributed by atoms with Gasteiger partial charge in [0.1, 0.15) is 5.52 Å². The van der Waals surface area contributed by atoms with Crippen LogP contribution in [0.1, 0.15) is 5.56 Å². The van der Waals surface area contributed by atoms with E-state index in [-0.39, 0.29) is 5.58 Å². The third kappa shape index (κ3) is 1.10. The van der Waals surface area contributed by atoms with Crippen LogP contribution in [0.4, 0.5) is 0 Å². The molecule has 0 atom stereocenters. The van der Waals surface area contributed by atoms with Crippen molar-refractivity contribution in [1.29, 1.82) is 0 Å². The van der Waals surface area contributed by atoms with Crippen LogP contribution in [0.2, 0.25) is 0 Å². The molecule has 3 rings (SSSR count). The second-order valence-electron chi connectivity index (χ2n) is 3.58. The SMILES string of the molecule is Cc1cnc2oc3c(=O)[nH]c(=O)[nH]c3c2c1. The molecule has 0 spiro atoms. The van der Waals surface area contributed by atoms with Crippen molar-refractivity contribution < 1.29 is 4.42 Å². The van der Waals surface area contributed by atoms with Gasteiger partial charge in [0.15, 0.2) is 0 Å². The average molecular weight is 217 g/mol. The summed E-state index contributed by atoms with van der Waals surface area (Å²) in [7, 11) is 0. The second-order valence-corrected chi connectivity index (χ2v) is 3.58. The van der Waals surface area contributed by atoms with E-state index in [9.17, 15) is 9.59 Å². The number of hydrogen-bond donors (Lipinski definition) is 2. The molecule has 0 aliphatic heterocycles. The smallest absolute Gasteiger partial charge is 0.326 e. The zero-order valence-corrected chi connectivity index (χ0v) is 8.33. The number of aromatic amines is 2. The number of pyridine rings is 1. The van der Waals surface area contributed by atoms with E-state index in [0.29, 0.717) is 16.6 Å². The summed E-state index contributed by atoms with van der Waals surface area (Å²) >= 11 is 0. The van der Waals surface area contributed by atoms with Crippen LogP contribution >= 0.6 is 0 Å². The number of furan rings is 1. The fraction of sp³-hybridized carbons (Fsp3) is 0.100. The lowest BCUT2D eigenvalue weighted by Gasteiger charge is -1.90. The maximum absolute atomic E-state index is 11.5. The third-order valence-electron chi connectivity index (χ3n) is 2.35. The minimum Gasteiger partial charge on any atom is -0.430 e. The number of hydrogen-bond acceptors (Lipinski definition) is 4. The van der Waals surface area contributed by atoms with Gasteiger partial charge in [0, 0.05) is 6.20 Å². The van der Waals surface area contributed by atoms with Gasteiger partial charge in [-0.2, -0.15) is 0 Å². The first-order valence-electron chi connectivity index (χ1n) is 4.66. The third-order valence-corrected chi connectivity index (χ3v) is 2.35. The lowest BCUT2D eigenvalue weighted by molar-refractivity contribution is 0.646. The van der Waals surface area contributed by atoms with E-state index in [1.54, 1.807) is 6.20 Å². The van der Waals surface area contributed by atoms with Gasteiger partial charge in [0.2, 0.25) is 11.3 Å². The Kier molecular flexibility index (Phi) is 1.57. The summed E-state index contributed by atoms with van der Waals surface area (Å²) < 4.78 is 5.27. The minimum absolute atomic E-state index is 0.0905. The first-order chi connectivity index (χ1) is 7.65. The molecule has 16 heavy (non-hydrogen) atoms. The molecule has 3 aromatic heterocycles. The molecule has 3 heterocycles. The van der Waals surface area contributed by atoms with E-state index in [1.807, 2.05) is 13.0 Å². The Morgan fingerprint density at radius 1 is 1.31 bits per heavy atom. The van der Waals surface area contributed by atoms with Crippen LogP contribution in [0.25, 0.3) is 22.2 Å². The average Bonchev–Trinajstić information content (AvgIpc) is 2.57. The van der Waals surface area contributed by atoms with Crippen molar-refractivity contribution in [2.24, 2.45) is 0 Å². The Labute approximate surface area is 87.9 Å². The van der Waals surface area contributed by atoms with Crippen LogP contribution in [0.5, 0.6) is 0 Å². The van der Waals surface area contributed by atoms with Crippen molar-refractivity contribution in [2.75, 3.05) is 0 Å². The molecular formula is C10H7N3O3. The fourth-order valence-electron chi connectivity index (χ4n) is 1.68. The predicted octanol–water partition coefficient (Wildman–Crippen LogP) is 0.666. The highest BCUT2D eigenvalue weighted by atomic mass is 16.3. The number of fused-ring (bicyclic) bond motifs is 3. The Balaban J connectivity index is 2.68. The summed E-state index contributed by atoms with van der Waals surface area (Å²) in [5.74, 6) is 0. The summed E-state index contributed by atoms with van der Waals surface area (Å²) in [6, 6.07) is 1.81. The maximum atomic E-state index is 11.5. The molecule has 80 valence electrons. The van der Waals surface area contributed by atoms with Crippen molar-refractivity contribution in [3.63, 3.8) is 0 Å². The molecule has 0 bridgehead atoms. The highest BCUT2D eigenvalue weighted by Gasteiger charge is 2.11. The molecule has 0 radical (unpaired) electrons. The van der Waals surface area contributed by atoms with Gasteiger partial charge < -0.3 is 9.40 Å². The molecule has 3 aromatic rings. The second kappa shape index (κ2) is 2.82. The molecule has 2 N–H and O–H groups in total. The van der Waals surface area contributed by atoms with Crippen LogP contribution < -0.4 is 11.2 Å². The van der Waals surface area contributed by atoms with Gasteiger partial charge in [-0.25, -0.2) is 9.78 Å². The Morgan fingerprint density at radius 3 is 2.94 bits per heavy atom. The Morgan fingerprint density at radius 2 is 2.12 bits per heavy atom. The van der Waals surface area contributed by atoms with E-state index in [1.165, 1.54) is 0 Å². The molecule has 0 amide bonds. The first-order valence-corrected chi connectivity index (χ1v) is 4.66. The number of nitrogens with one attached hydrogen (secondary N) is 2. The number of H-pyrrole nitrogens is 2. The molecule has 0 saturated carbocycles. The van der Waals surface area contributed by atoms with Gasteiger partial charge in [0.25, 0.3) is 5.56 Å². The van der Waals surface area contributed by atoms with Gasteiger partial charge in [-0.3, -0.25) is 9.78 Å². The van der Waals surface area contributed by atoms with Crippen molar-refractivity contribution in [3.05, 3.63) is 38.7 Å². The van der Waals surface area contributed by atoms with Crippen molar-refractivity contribution in [2.45, 2.75) is 6.92 Å². The Hall–Kier alpha value is -2.37. The molecule has 0 fully saturated rings. The summed E-state index contributed by atoms with van der Waals surface area (Å²) in [5, 5.41) is 0.637. The van der Waals surface area contributed by atoms with Crippen LogP contribution in [-0.2, 0) is 0 Å². The minimum atomic E-state index is -0.554. The Bertz CT molecular complexity index is 809. The fourth-order valence-corrected chi connectivity index (χ4v) is 1.68. The lowest BCUT2D eigenvalue weighted by atomic mass is 10.2. The molecule has 0 aliphatic carbocycles. The van der Waals surface area contributed by atoms with Crippen LogP contribution in [-0.4, -0.2) is 15.0 Å². The molecular weight excluding hydrogens is 210 g/mol. The summed E-state index contributed by atoms with van der Waals surface area (Å²) in [6.07, 6.45) is 1.64. The number of rotatable bonds is 0. The van der Waals surface area contributed by atoms with Gasteiger partial charge in [-0.15, -0.1) is 0 Å². The maximum Gasteiger partial charge on any atom is 0.326 e. The number of aromatic nitrogens is 3. The van der Waals surface area contributed by atoms with E-state index >= 15 is 0 Å². The zero-order valence-electron chi connectivity index (χ0n) is 8.33. The molecule has 0 aromatic carbocycles. The number of nitrogens with zero attached hydrogens (tertiary/aromatic N) is 1. The van der Waals surface area contributed by atoms with Crippen molar-refractivity contribution in [3.8, 4) is 0 Å². The summed E-state index contributed by atoms with van der Waals surface area (Å²) in [5.41, 5.74) is 0.646. The highest BCUT2D eigenvalue weighted by Crippen LogP contribution is 2.22. The molecule has 0 unspecified atom stereocenters. The van der Waals surface area contributed by atoms with Crippen LogP contribution in [0.15, 0.2) is 26.3 Å². The quantitative estimate of drug-likeness (QED) is 0.578. The van der Waals surface area contributed by atoms with Gasteiger partial charge in [0.05, 0.1) is 5.39 Å². The largest absolute Gasteiger partial charge is 0.430 e. The van der Waals surface area contributed by atoms with Crippen LogP contribution in [0.3, 0.4) is 0 Å². The molecule has 0 aliphatic rings. The molecule has 6 nitrogen and oxygen atoms in total. The lowest BCUT2D eigenvalue weighted by Crippen LogP contribution is -2.20.